The largest absolute Gasteiger partial charge is 0.354 e. The van der Waals surface area contributed by atoms with Crippen LogP contribution in [0.5, 0.6) is 0 Å². The Kier molecular flexibility index (Phi) is 8.83. The van der Waals surface area contributed by atoms with E-state index in [4.69, 9.17) is 0 Å². The lowest BCUT2D eigenvalue weighted by atomic mass is 10.1. The van der Waals surface area contributed by atoms with Gasteiger partial charge in [-0.15, -0.1) is 0 Å². The number of nitrogens with one attached hydrogen (secondary N) is 1. The van der Waals surface area contributed by atoms with Crippen LogP contribution in [0.1, 0.15) is 31.9 Å². The molecule has 1 N–H and O–H groups in total. The molecule has 2 aromatic rings. The molecule has 0 unspecified atom stereocenters. The highest BCUT2D eigenvalue weighted by Gasteiger charge is 2.30. The van der Waals surface area contributed by atoms with Crippen molar-refractivity contribution in [2.45, 2.75) is 40.3 Å². The van der Waals surface area contributed by atoms with E-state index >= 15 is 0 Å². The lowest BCUT2D eigenvalue weighted by molar-refractivity contribution is -0.139. The maximum Gasteiger partial charge on any atom is 0.244 e. The number of anilines is 1. The lowest BCUT2D eigenvalue weighted by Gasteiger charge is -2.32. The average Bonchev–Trinajstić information content (AvgIpc) is 2.74. The van der Waals surface area contributed by atoms with Gasteiger partial charge in [-0.2, -0.15) is 0 Å². The van der Waals surface area contributed by atoms with E-state index in [1.165, 1.54) is 4.90 Å². The van der Waals surface area contributed by atoms with Gasteiger partial charge in [-0.25, -0.2) is 8.42 Å². The van der Waals surface area contributed by atoms with E-state index in [-0.39, 0.29) is 18.4 Å². The fraction of sp³-hybridized carbons (Fsp3) is 0.417. The number of carbonyl (C=O) groups is 2. The van der Waals surface area contributed by atoms with E-state index < -0.39 is 28.5 Å². The summed E-state index contributed by atoms with van der Waals surface area (Å²) in [5.74, 6) is -0.452. The molecule has 174 valence electrons. The fourth-order valence-corrected chi connectivity index (χ4v) is 4.06. The molecule has 0 heterocycles. The molecule has 7 nitrogen and oxygen atoms in total. The van der Waals surface area contributed by atoms with Crippen molar-refractivity contribution in [2.75, 3.05) is 23.7 Å². The van der Waals surface area contributed by atoms with Crippen molar-refractivity contribution in [3.05, 3.63) is 65.7 Å². The molecule has 32 heavy (non-hydrogen) atoms. The van der Waals surface area contributed by atoms with Crippen molar-refractivity contribution in [2.24, 2.45) is 5.92 Å². The molecule has 2 amide bonds. The van der Waals surface area contributed by atoms with E-state index in [9.17, 15) is 18.0 Å². The SMILES string of the molecule is Cc1ccccc1CN(C(=O)CN(c1ccccc1)S(C)(=O)=O)[C@H](C)C(=O)NCC(C)C. The Labute approximate surface area is 191 Å². The van der Waals surface area contributed by atoms with Gasteiger partial charge in [0.25, 0.3) is 0 Å². The molecule has 0 fully saturated rings. The first kappa shape index (κ1) is 25.4. The third kappa shape index (κ3) is 7.09. The molecular weight excluding hydrogens is 426 g/mol. The normalized spacial score (nSPS) is 12.3. The van der Waals surface area contributed by atoms with Gasteiger partial charge in [0.15, 0.2) is 0 Å². The smallest absolute Gasteiger partial charge is 0.244 e. The summed E-state index contributed by atoms with van der Waals surface area (Å²) in [7, 11) is -3.71. The highest BCUT2D eigenvalue weighted by atomic mass is 32.2. The van der Waals surface area contributed by atoms with Crippen LogP contribution in [0.4, 0.5) is 5.69 Å². The van der Waals surface area contributed by atoms with Crippen LogP contribution in [-0.2, 0) is 26.2 Å². The van der Waals surface area contributed by atoms with E-state index in [2.05, 4.69) is 5.32 Å². The summed E-state index contributed by atoms with van der Waals surface area (Å²) in [6.45, 7) is 7.89. The molecule has 0 spiro atoms. The second kappa shape index (κ2) is 11.1. The second-order valence-electron chi connectivity index (χ2n) is 8.37. The third-order valence-electron chi connectivity index (χ3n) is 5.18. The lowest BCUT2D eigenvalue weighted by Crippen LogP contribution is -2.51. The first-order chi connectivity index (χ1) is 15.0. The first-order valence-electron chi connectivity index (χ1n) is 10.6. The fourth-order valence-electron chi connectivity index (χ4n) is 3.21. The Morgan fingerprint density at radius 1 is 0.969 bits per heavy atom. The number of amides is 2. The molecule has 0 aliphatic carbocycles. The van der Waals surface area contributed by atoms with E-state index in [1.807, 2.05) is 45.0 Å². The third-order valence-corrected chi connectivity index (χ3v) is 6.32. The number of nitrogens with zero attached hydrogens (tertiary/aromatic N) is 2. The Morgan fingerprint density at radius 2 is 1.56 bits per heavy atom. The summed E-state index contributed by atoms with van der Waals surface area (Å²) in [4.78, 5) is 27.6. The van der Waals surface area contributed by atoms with Gasteiger partial charge in [-0.1, -0.05) is 56.3 Å². The zero-order chi connectivity index (χ0) is 23.9. The standard InChI is InChI=1S/C24H33N3O4S/c1-18(2)15-25-24(29)20(4)26(16-21-12-10-9-11-19(21)3)23(28)17-27(32(5,30)31)22-13-7-6-8-14-22/h6-14,18,20H,15-17H2,1-5H3,(H,25,29)/t20-/m1/s1. The van der Waals surface area contributed by atoms with Crippen LogP contribution in [0.3, 0.4) is 0 Å². The van der Waals surface area contributed by atoms with Gasteiger partial charge in [-0.05, 0) is 43.0 Å². The second-order valence-corrected chi connectivity index (χ2v) is 10.3. The highest BCUT2D eigenvalue weighted by molar-refractivity contribution is 7.92. The molecule has 0 aliphatic heterocycles. The summed E-state index contributed by atoms with van der Waals surface area (Å²) in [6.07, 6.45) is 1.07. The maximum atomic E-state index is 13.4. The number of carbonyl (C=O) groups excluding carboxylic acids is 2. The number of aryl methyl sites for hydroxylation is 1. The molecule has 2 rings (SSSR count). The van der Waals surface area contributed by atoms with Crippen molar-refractivity contribution < 1.29 is 18.0 Å². The zero-order valence-corrected chi connectivity index (χ0v) is 20.2. The van der Waals surface area contributed by atoms with Gasteiger partial charge in [0.05, 0.1) is 11.9 Å². The Balaban J connectivity index is 2.35. The van der Waals surface area contributed by atoms with Crippen molar-refractivity contribution in [1.29, 1.82) is 0 Å². The summed E-state index contributed by atoms with van der Waals surface area (Å²) in [6, 6.07) is 15.3. The summed E-state index contributed by atoms with van der Waals surface area (Å²) < 4.78 is 26.0. The van der Waals surface area contributed by atoms with Gasteiger partial charge < -0.3 is 10.2 Å². The van der Waals surface area contributed by atoms with Crippen LogP contribution in [0, 0.1) is 12.8 Å². The van der Waals surface area contributed by atoms with Crippen LogP contribution < -0.4 is 9.62 Å². The summed E-state index contributed by atoms with van der Waals surface area (Å²) in [5, 5.41) is 2.87. The number of benzene rings is 2. The summed E-state index contributed by atoms with van der Waals surface area (Å²) in [5.41, 5.74) is 2.29. The number of hydrogen-bond acceptors (Lipinski definition) is 4. The Hall–Kier alpha value is -2.87. The van der Waals surface area contributed by atoms with Crippen LogP contribution in [0.25, 0.3) is 0 Å². The minimum Gasteiger partial charge on any atom is -0.354 e. The Morgan fingerprint density at radius 3 is 2.12 bits per heavy atom. The van der Waals surface area contributed by atoms with Gasteiger partial charge in [-0.3, -0.25) is 13.9 Å². The molecule has 8 heteroatoms. The molecule has 0 radical (unpaired) electrons. The molecule has 0 saturated carbocycles. The zero-order valence-electron chi connectivity index (χ0n) is 19.4. The highest BCUT2D eigenvalue weighted by Crippen LogP contribution is 2.19. The van der Waals surface area contributed by atoms with Crippen LogP contribution in [0.15, 0.2) is 54.6 Å². The van der Waals surface area contributed by atoms with Crippen molar-refractivity contribution >= 4 is 27.5 Å². The first-order valence-corrected chi connectivity index (χ1v) is 12.5. The number of rotatable bonds is 10. The topological polar surface area (TPSA) is 86.8 Å². The predicted molar refractivity (Wildman–Crippen MR) is 128 cm³/mol. The minimum absolute atomic E-state index is 0.203. The summed E-state index contributed by atoms with van der Waals surface area (Å²) >= 11 is 0. The monoisotopic (exact) mass is 459 g/mol. The molecule has 2 aromatic carbocycles. The van der Waals surface area contributed by atoms with E-state index in [0.29, 0.717) is 12.2 Å². The molecule has 0 aliphatic rings. The molecular formula is C24H33N3O4S. The Bertz CT molecular complexity index is 1020. The van der Waals surface area contributed by atoms with Gasteiger partial charge >= 0.3 is 0 Å². The van der Waals surface area contributed by atoms with Crippen LogP contribution in [-0.4, -0.2) is 50.5 Å². The molecule has 0 saturated heterocycles. The quantitative estimate of drug-likeness (QED) is 0.592. The van der Waals surface area contributed by atoms with Crippen molar-refractivity contribution in [3.8, 4) is 0 Å². The van der Waals surface area contributed by atoms with Crippen molar-refractivity contribution in [1.82, 2.24) is 10.2 Å². The van der Waals surface area contributed by atoms with Crippen LogP contribution in [0.2, 0.25) is 0 Å². The number of hydrogen-bond donors (Lipinski definition) is 1. The van der Waals surface area contributed by atoms with Gasteiger partial charge in [0.2, 0.25) is 21.8 Å². The van der Waals surface area contributed by atoms with Crippen LogP contribution >= 0.6 is 0 Å². The van der Waals surface area contributed by atoms with E-state index in [0.717, 1.165) is 21.7 Å². The van der Waals surface area contributed by atoms with Gasteiger partial charge in [0, 0.05) is 13.1 Å². The minimum atomic E-state index is -3.71. The predicted octanol–water partition coefficient (Wildman–Crippen LogP) is 2.95. The average molecular weight is 460 g/mol. The molecule has 1 atom stereocenters. The number of sulfonamides is 1. The number of para-hydroxylation sites is 1. The molecule has 0 bridgehead atoms. The molecule has 0 aromatic heterocycles. The maximum absolute atomic E-state index is 13.4. The van der Waals surface area contributed by atoms with Gasteiger partial charge in [0.1, 0.15) is 12.6 Å². The van der Waals surface area contributed by atoms with E-state index in [1.54, 1.807) is 37.3 Å². The van der Waals surface area contributed by atoms with Crippen molar-refractivity contribution in [3.63, 3.8) is 0 Å².